The second-order valence-electron chi connectivity index (χ2n) is 9.47. The topological polar surface area (TPSA) is 152 Å². The Labute approximate surface area is 238 Å². The van der Waals surface area contributed by atoms with Crippen LogP contribution in [0.4, 0.5) is 0 Å². The Bertz CT molecular complexity index is 804. The van der Waals surface area contributed by atoms with Gasteiger partial charge in [0.1, 0.15) is 31.0 Å². The molecule has 10 nitrogen and oxygen atoms in total. The van der Waals surface area contributed by atoms with Gasteiger partial charge < -0.3 is 39.4 Å². The normalized spacial score (nSPS) is 24.4. The highest BCUT2D eigenvalue weighted by Gasteiger charge is 2.44. The molecule has 1 rings (SSSR count). The zero-order valence-corrected chi connectivity index (χ0v) is 23.8. The maximum absolute atomic E-state index is 12.4. The molecule has 4 N–H and O–H groups in total. The van der Waals surface area contributed by atoms with Gasteiger partial charge in [-0.3, -0.25) is 9.59 Å². The van der Waals surface area contributed by atoms with Crippen LogP contribution < -0.4 is 0 Å². The van der Waals surface area contributed by atoms with Gasteiger partial charge in [-0.1, -0.05) is 68.9 Å². The number of hydrogen-bond donors (Lipinski definition) is 4. The molecule has 1 aliphatic heterocycles. The number of carbonyl (C=O) groups is 2. The number of allylic oxidation sites excluding steroid dienone is 8. The van der Waals surface area contributed by atoms with Gasteiger partial charge in [-0.25, -0.2) is 0 Å². The summed E-state index contributed by atoms with van der Waals surface area (Å²) in [7, 11) is 0. The Morgan fingerprint density at radius 2 is 1.43 bits per heavy atom. The van der Waals surface area contributed by atoms with Gasteiger partial charge in [0.15, 0.2) is 12.4 Å². The van der Waals surface area contributed by atoms with Gasteiger partial charge in [0, 0.05) is 12.8 Å². The summed E-state index contributed by atoms with van der Waals surface area (Å²) in [5, 5.41) is 39.4. The molecule has 1 saturated heterocycles. The lowest BCUT2D eigenvalue weighted by molar-refractivity contribution is -0.305. The van der Waals surface area contributed by atoms with E-state index < -0.39 is 55.4 Å². The van der Waals surface area contributed by atoms with Crippen molar-refractivity contribution in [2.45, 2.75) is 108 Å². The van der Waals surface area contributed by atoms with E-state index in [1.807, 2.05) is 19.1 Å². The molecule has 228 valence electrons. The Kier molecular flexibility index (Phi) is 19.9. The molecule has 6 unspecified atom stereocenters. The molecular weight excluding hydrogens is 520 g/mol. The highest BCUT2D eigenvalue weighted by Crippen LogP contribution is 2.22. The molecule has 0 spiro atoms. The maximum Gasteiger partial charge on any atom is 0.306 e. The lowest BCUT2D eigenvalue weighted by atomic mass is 9.99. The first kappa shape index (κ1) is 35.7. The third-order valence-corrected chi connectivity index (χ3v) is 5.99. The standard InChI is InChI=1S/C30H48O10/c1-3-5-7-8-9-10-11-12-13-14-15-16-17-19-26(33)39-23(21-37-25(32)18-6-4-2)22-38-30-29(36)28(35)27(34)24(20-31)40-30/h5,7,9-10,12-13,15-16,23-24,27-31,34-36H,3-4,6,8,11,14,17-22H2,1-2H3/b7-5-,10-9-,13-12-,16-15-. The molecule has 6 atom stereocenters. The van der Waals surface area contributed by atoms with Gasteiger partial charge in [0.25, 0.3) is 0 Å². The summed E-state index contributed by atoms with van der Waals surface area (Å²) in [5.74, 6) is -0.954. The predicted octanol–water partition coefficient (Wildman–Crippen LogP) is 3.03. The number of aliphatic hydroxyl groups is 4. The predicted molar refractivity (Wildman–Crippen MR) is 150 cm³/mol. The molecule has 40 heavy (non-hydrogen) atoms. The van der Waals surface area contributed by atoms with Crippen molar-refractivity contribution in [3.8, 4) is 0 Å². The van der Waals surface area contributed by atoms with Crippen molar-refractivity contribution in [3.63, 3.8) is 0 Å². The van der Waals surface area contributed by atoms with E-state index in [2.05, 4.69) is 43.4 Å². The lowest BCUT2D eigenvalue weighted by Crippen LogP contribution is -2.59. The SMILES string of the molecule is CC/C=C\C/C=C\C/C=C\C/C=C\CCC(=O)OC(COC(=O)CCCC)COC1OC(CO)C(O)C(O)C1O. The van der Waals surface area contributed by atoms with E-state index in [1.54, 1.807) is 0 Å². The molecule has 1 heterocycles. The van der Waals surface area contributed by atoms with Crippen molar-refractivity contribution in [2.75, 3.05) is 19.8 Å². The van der Waals surface area contributed by atoms with Crippen molar-refractivity contribution >= 4 is 11.9 Å². The van der Waals surface area contributed by atoms with Gasteiger partial charge in [0.2, 0.25) is 0 Å². The van der Waals surface area contributed by atoms with Crippen LogP contribution in [0.25, 0.3) is 0 Å². The summed E-state index contributed by atoms with van der Waals surface area (Å²) >= 11 is 0. The Morgan fingerprint density at radius 1 is 0.800 bits per heavy atom. The number of carbonyl (C=O) groups excluding carboxylic acids is 2. The van der Waals surface area contributed by atoms with E-state index in [-0.39, 0.29) is 26.1 Å². The van der Waals surface area contributed by atoms with Gasteiger partial charge in [0.05, 0.1) is 13.2 Å². The van der Waals surface area contributed by atoms with Crippen LogP contribution in [0.5, 0.6) is 0 Å². The van der Waals surface area contributed by atoms with Crippen LogP contribution in [0, 0.1) is 0 Å². The fourth-order valence-corrected chi connectivity index (χ4v) is 3.65. The number of ether oxygens (including phenoxy) is 4. The summed E-state index contributed by atoms with van der Waals surface area (Å²) in [6.07, 6.45) is 14.2. The maximum atomic E-state index is 12.4. The molecule has 1 aliphatic rings. The fraction of sp³-hybridized carbons (Fsp3) is 0.667. The molecular formula is C30H48O10. The lowest BCUT2D eigenvalue weighted by Gasteiger charge is -2.39. The van der Waals surface area contributed by atoms with Crippen LogP contribution >= 0.6 is 0 Å². The monoisotopic (exact) mass is 568 g/mol. The van der Waals surface area contributed by atoms with Crippen LogP contribution in [0.1, 0.15) is 71.6 Å². The highest BCUT2D eigenvalue weighted by atomic mass is 16.7. The van der Waals surface area contributed by atoms with Crippen molar-refractivity contribution in [1.82, 2.24) is 0 Å². The van der Waals surface area contributed by atoms with Crippen molar-refractivity contribution in [2.24, 2.45) is 0 Å². The quantitative estimate of drug-likeness (QED) is 0.127. The molecule has 0 radical (unpaired) electrons. The van der Waals surface area contributed by atoms with E-state index in [4.69, 9.17) is 18.9 Å². The molecule has 10 heteroatoms. The van der Waals surface area contributed by atoms with Crippen LogP contribution in [-0.2, 0) is 28.5 Å². The molecule has 0 saturated carbocycles. The summed E-state index contributed by atoms with van der Waals surface area (Å²) in [6, 6.07) is 0. The van der Waals surface area contributed by atoms with E-state index in [9.17, 15) is 30.0 Å². The summed E-state index contributed by atoms with van der Waals surface area (Å²) in [6.45, 7) is 2.89. The largest absolute Gasteiger partial charge is 0.462 e. The van der Waals surface area contributed by atoms with Crippen LogP contribution in [0.3, 0.4) is 0 Å². The van der Waals surface area contributed by atoms with E-state index in [0.29, 0.717) is 12.8 Å². The Morgan fingerprint density at radius 3 is 2.02 bits per heavy atom. The summed E-state index contributed by atoms with van der Waals surface area (Å²) in [4.78, 5) is 24.4. The molecule has 1 fully saturated rings. The summed E-state index contributed by atoms with van der Waals surface area (Å²) < 4.78 is 21.5. The minimum Gasteiger partial charge on any atom is -0.462 e. The first-order valence-electron chi connectivity index (χ1n) is 14.2. The number of esters is 2. The number of unbranched alkanes of at least 4 members (excludes halogenated alkanes) is 1. The van der Waals surface area contributed by atoms with Crippen LogP contribution in [0.2, 0.25) is 0 Å². The molecule has 0 aliphatic carbocycles. The average Bonchev–Trinajstić information content (AvgIpc) is 2.95. The van der Waals surface area contributed by atoms with Gasteiger partial charge >= 0.3 is 11.9 Å². The first-order chi connectivity index (χ1) is 19.3. The smallest absolute Gasteiger partial charge is 0.306 e. The third-order valence-electron chi connectivity index (χ3n) is 5.99. The minimum atomic E-state index is -1.60. The zero-order valence-electron chi connectivity index (χ0n) is 23.8. The molecule has 0 amide bonds. The van der Waals surface area contributed by atoms with Gasteiger partial charge in [-0.15, -0.1) is 0 Å². The number of hydrogen-bond acceptors (Lipinski definition) is 10. The second-order valence-corrected chi connectivity index (χ2v) is 9.47. The molecule has 0 aromatic heterocycles. The molecule has 0 aromatic rings. The van der Waals surface area contributed by atoms with Gasteiger partial charge in [-0.05, 0) is 38.5 Å². The second kappa shape index (κ2) is 22.4. The van der Waals surface area contributed by atoms with E-state index in [1.165, 1.54) is 0 Å². The van der Waals surface area contributed by atoms with Gasteiger partial charge in [-0.2, -0.15) is 0 Å². The zero-order chi connectivity index (χ0) is 29.6. The fourth-order valence-electron chi connectivity index (χ4n) is 3.65. The summed E-state index contributed by atoms with van der Waals surface area (Å²) in [5.41, 5.74) is 0. The van der Waals surface area contributed by atoms with E-state index >= 15 is 0 Å². The average molecular weight is 569 g/mol. The van der Waals surface area contributed by atoms with Crippen molar-refractivity contribution in [3.05, 3.63) is 48.6 Å². The number of rotatable bonds is 20. The van der Waals surface area contributed by atoms with Crippen LogP contribution in [-0.4, -0.2) is 89.0 Å². The van der Waals surface area contributed by atoms with Crippen molar-refractivity contribution in [1.29, 1.82) is 0 Å². The first-order valence-corrected chi connectivity index (χ1v) is 14.2. The minimum absolute atomic E-state index is 0.106. The Balaban J connectivity index is 2.50. The van der Waals surface area contributed by atoms with Crippen LogP contribution in [0.15, 0.2) is 48.6 Å². The third kappa shape index (κ3) is 15.4. The highest BCUT2D eigenvalue weighted by molar-refractivity contribution is 5.70. The molecule has 0 bridgehead atoms. The molecule has 0 aromatic carbocycles. The van der Waals surface area contributed by atoms with Crippen molar-refractivity contribution < 1.29 is 49.0 Å². The Hall–Kier alpha value is -2.34. The van der Waals surface area contributed by atoms with E-state index in [0.717, 1.165) is 32.1 Å². The number of aliphatic hydroxyl groups excluding tert-OH is 4.